The number of thiazole rings is 1. The van der Waals surface area contributed by atoms with Crippen molar-refractivity contribution in [3.05, 3.63) is 69.6 Å². The van der Waals surface area contributed by atoms with Crippen LogP contribution in [0.25, 0.3) is 22.2 Å². The number of benzene rings is 2. The predicted octanol–water partition coefficient (Wildman–Crippen LogP) is 6.11. The molecular weight excluding hydrogens is 422 g/mol. The summed E-state index contributed by atoms with van der Waals surface area (Å²) in [5.41, 5.74) is 4.65. The molecule has 0 saturated heterocycles. The summed E-state index contributed by atoms with van der Waals surface area (Å²) in [5, 5.41) is 6.65. The standard InChI is InChI=1S/C21H18BrN3OS/c1-3-25-18-7-5-4-6-16(18)13(2)19(25)20(26)24-21-23-17(12-27-21)14-8-10-15(22)11-9-14/h4-12H,3H2,1-2H3,(H,23,24,26). The van der Waals surface area contributed by atoms with Crippen LogP contribution in [0.5, 0.6) is 0 Å². The number of amides is 1. The molecule has 27 heavy (non-hydrogen) atoms. The topological polar surface area (TPSA) is 46.9 Å². The average Bonchev–Trinajstić information content (AvgIpc) is 3.25. The van der Waals surface area contributed by atoms with Gasteiger partial charge in [0.25, 0.3) is 5.91 Å². The van der Waals surface area contributed by atoms with E-state index in [-0.39, 0.29) is 5.91 Å². The van der Waals surface area contributed by atoms with E-state index < -0.39 is 0 Å². The Bertz CT molecular complexity index is 1130. The zero-order valence-electron chi connectivity index (χ0n) is 15.0. The molecular formula is C21H18BrN3OS. The Morgan fingerprint density at radius 1 is 1.19 bits per heavy atom. The third kappa shape index (κ3) is 3.31. The van der Waals surface area contributed by atoms with E-state index in [0.29, 0.717) is 10.8 Å². The molecule has 0 radical (unpaired) electrons. The molecule has 0 aliphatic carbocycles. The first-order valence-corrected chi connectivity index (χ1v) is 10.4. The van der Waals surface area contributed by atoms with Gasteiger partial charge in [-0.15, -0.1) is 11.3 Å². The third-order valence-corrected chi connectivity index (χ3v) is 5.91. The van der Waals surface area contributed by atoms with Gasteiger partial charge in [0.05, 0.1) is 5.69 Å². The second kappa shape index (κ2) is 7.29. The molecule has 0 spiro atoms. The van der Waals surface area contributed by atoms with Gasteiger partial charge in [0.15, 0.2) is 5.13 Å². The summed E-state index contributed by atoms with van der Waals surface area (Å²) in [6, 6.07) is 16.1. The van der Waals surface area contributed by atoms with Gasteiger partial charge in [-0.2, -0.15) is 0 Å². The monoisotopic (exact) mass is 439 g/mol. The summed E-state index contributed by atoms with van der Waals surface area (Å²) in [4.78, 5) is 17.6. The maximum atomic E-state index is 13.0. The van der Waals surface area contributed by atoms with Gasteiger partial charge in [-0.1, -0.05) is 46.3 Å². The summed E-state index contributed by atoms with van der Waals surface area (Å²) < 4.78 is 3.08. The molecule has 2 heterocycles. The smallest absolute Gasteiger partial charge is 0.274 e. The number of nitrogens with zero attached hydrogens (tertiary/aromatic N) is 2. The molecule has 0 fully saturated rings. The first kappa shape index (κ1) is 17.9. The second-order valence-electron chi connectivity index (χ2n) is 6.23. The number of para-hydroxylation sites is 1. The van der Waals surface area contributed by atoms with Crippen LogP contribution in [-0.2, 0) is 6.54 Å². The molecule has 4 nitrogen and oxygen atoms in total. The minimum atomic E-state index is -0.123. The number of carbonyl (C=O) groups excluding carboxylic acids is 1. The fourth-order valence-corrected chi connectivity index (χ4v) is 4.32. The van der Waals surface area contributed by atoms with E-state index in [1.165, 1.54) is 11.3 Å². The van der Waals surface area contributed by atoms with E-state index in [0.717, 1.165) is 38.7 Å². The van der Waals surface area contributed by atoms with Crippen molar-refractivity contribution in [2.75, 3.05) is 5.32 Å². The number of rotatable bonds is 4. The molecule has 0 unspecified atom stereocenters. The Balaban J connectivity index is 1.65. The number of aromatic nitrogens is 2. The molecule has 0 bridgehead atoms. The van der Waals surface area contributed by atoms with E-state index in [1.807, 2.05) is 48.7 Å². The van der Waals surface area contributed by atoms with Crippen molar-refractivity contribution in [3.8, 4) is 11.3 Å². The van der Waals surface area contributed by atoms with Crippen LogP contribution >= 0.6 is 27.3 Å². The maximum Gasteiger partial charge on any atom is 0.274 e. The number of carbonyl (C=O) groups is 1. The van der Waals surface area contributed by atoms with Crippen molar-refractivity contribution in [2.24, 2.45) is 0 Å². The lowest BCUT2D eigenvalue weighted by atomic mass is 10.1. The summed E-state index contributed by atoms with van der Waals surface area (Å²) in [7, 11) is 0. The first-order valence-electron chi connectivity index (χ1n) is 8.69. The summed E-state index contributed by atoms with van der Waals surface area (Å²) in [5.74, 6) is -0.123. The largest absolute Gasteiger partial charge is 0.337 e. The van der Waals surface area contributed by atoms with Crippen molar-refractivity contribution < 1.29 is 4.79 Å². The SMILES string of the molecule is CCn1c(C(=O)Nc2nc(-c3ccc(Br)cc3)cs2)c(C)c2ccccc21. The zero-order chi connectivity index (χ0) is 19.0. The van der Waals surface area contributed by atoms with Crippen molar-refractivity contribution in [3.63, 3.8) is 0 Å². The summed E-state index contributed by atoms with van der Waals surface area (Å²) in [6.07, 6.45) is 0. The lowest BCUT2D eigenvalue weighted by Crippen LogP contribution is -2.17. The first-order chi connectivity index (χ1) is 13.1. The third-order valence-electron chi connectivity index (χ3n) is 4.62. The highest BCUT2D eigenvalue weighted by Crippen LogP contribution is 2.29. The lowest BCUT2D eigenvalue weighted by molar-refractivity contribution is 0.101. The fraction of sp³-hybridized carbons (Fsp3) is 0.143. The van der Waals surface area contributed by atoms with Crippen molar-refractivity contribution in [1.29, 1.82) is 0 Å². The molecule has 0 atom stereocenters. The molecule has 2 aromatic heterocycles. The lowest BCUT2D eigenvalue weighted by Gasteiger charge is -2.08. The van der Waals surface area contributed by atoms with E-state index in [2.05, 4.69) is 49.9 Å². The minimum Gasteiger partial charge on any atom is -0.337 e. The van der Waals surface area contributed by atoms with Crippen LogP contribution < -0.4 is 5.32 Å². The highest BCUT2D eigenvalue weighted by molar-refractivity contribution is 9.10. The van der Waals surface area contributed by atoms with Crippen LogP contribution in [0.15, 0.2) is 58.4 Å². The molecule has 6 heteroatoms. The van der Waals surface area contributed by atoms with Gasteiger partial charge in [-0.3, -0.25) is 10.1 Å². The Morgan fingerprint density at radius 2 is 1.93 bits per heavy atom. The maximum absolute atomic E-state index is 13.0. The Kier molecular flexibility index (Phi) is 4.85. The van der Waals surface area contributed by atoms with E-state index >= 15 is 0 Å². The van der Waals surface area contributed by atoms with Gasteiger partial charge in [-0.25, -0.2) is 4.98 Å². The number of nitrogens with one attached hydrogen (secondary N) is 1. The molecule has 4 aromatic rings. The highest BCUT2D eigenvalue weighted by atomic mass is 79.9. The molecule has 0 aliphatic rings. The Hall–Kier alpha value is -2.44. The number of aryl methyl sites for hydroxylation is 2. The van der Waals surface area contributed by atoms with Crippen LogP contribution in [0, 0.1) is 6.92 Å². The van der Waals surface area contributed by atoms with Gasteiger partial charge in [0.1, 0.15) is 5.69 Å². The van der Waals surface area contributed by atoms with E-state index in [1.54, 1.807) is 0 Å². The fourth-order valence-electron chi connectivity index (χ4n) is 3.34. The highest BCUT2D eigenvalue weighted by Gasteiger charge is 2.20. The molecule has 4 rings (SSSR count). The van der Waals surface area contributed by atoms with Gasteiger partial charge in [0, 0.05) is 32.9 Å². The van der Waals surface area contributed by atoms with Crippen LogP contribution in [0.4, 0.5) is 5.13 Å². The molecule has 2 aromatic carbocycles. The molecule has 0 aliphatic heterocycles. The quantitative estimate of drug-likeness (QED) is 0.416. The number of hydrogen-bond donors (Lipinski definition) is 1. The Labute approximate surface area is 170 Å². The van der Waals surface area contributed by atoms with Crippen molar-refractivity contribution >= 4 is 49.2 Å². The van der Waals surface area contributed by atoms with Gasteiger partial charge >= 0.3 is 0 Å². The zero-order valence-corrected chi connectivity index (χ0v) is 17.4. The number of anilines is 1. The van der Waals surface area contributed by atoms with Gasteiger partial charge < -0.3 is 4.57 Å². The van der Waals surface area contributed by atoms with Crippen LogP contribution in [-0.4, -0.2) is 15.5 Å². The number of fused-ring (bicyclic) bond motifs is 1. The number of hydrogen-bond acceptors (Lipinski definition) is 3. The average molecular weight is 440 g/mol. The van der Waals surface area contributed by atoms with E-state index in [9.17, 15) is 4.79 Å². The summed E-state index contributed by atoms with van der Waals surface area (Å²) >= 11 is 4.87. The van der Waals surface area contributed by atoms with Crippen LogP contribution in [0.2, 0.25) is 0 Å². The van der Waals surface area contributed by atoms with Gasteiger partial charge in [0.2, 0.25) is 0 Å². The van der Waals surface area contributed by atoms with Crippen LogP contribution in [0.3, 0.4) is 0 Å². The summed E-state index contributed by atoms with van der Waals surface area (Å²) in [6.45, 7) is 4.79. The molecule has 136 valence electrons. The second-order valence-corrected chi connectivity index (χ2v) is 8.01. The van der Waals surface area contributed by atoms with Crippen molar-refractivity contribution in [2.45, 2.75) is 20.4 Å². The van der Waals surface area contributed by atoms with E-state index in [4.69, 9.17) is 0 Å². The Morgan fingerprint density at radius 3 is 2.67 bits per heavy atom. The predicted molar refractivity (Wildman–Crippen MR) is 116 cm³/mol. The van der Waals surface area contributed by atoms with Gasteiger partial charge in [-0.05, 0) is 37.6 Å². The molecule has 1 amide bonds. The minimum absolute atomic E-state index is 0.123. The molecule has 1 N–H and O–H groups in total. The van der Waals surface area contributed by atoms with Crippen molar-refractivity contribution in [1.82, 2.24) is 9.55 Å². The molecule has 0 saturated carbocycles. The normalized spacial score (nSPS) is 11.1. The number of halogens is 1. The van der Waals surface area contributed by atoms with Crippen LogP contribution in [0.1, 0.15) is 23.0 Å².